The molecule has 3 heterocycles. The van der Waals surface area contributed by atoms with Gasteiger partial charge in [-0.15, -0.1) is 0 Å². The number of rotatable bonds is 2. The summed E-state index contributed by atoms with van der Waals surface area (Å²) in [6, 6.07) is 4.23. The Hall–Kier alpha value is -2.71. The summed E-state index contributed by atoms with van der Waals surface area (Å²) < 4.78 is 55.8. The van der Waals surface area contributed by atoms with Crippen LogP contribution in [0, 0.1) is 5.82 Å². The molecule has 136 valence electrons. The molecule has 3 aromatic rings. The normalized spacial score (nSPS) is 14.6. The van der Waals surface area contributed by atoms with E-state index < -0.39 is 17.7 Å². The molecule has 0 saturated carbocycles. The van der Waals surface area contributed by atoms with Crippen LogP contribution in [0.5, 0.6) is 0 Å². The fraction of sp³-hybridized carbons (Fsp3) is 0.353. The van der Waals surface area contributed by atoms with Crippen molar-refractivity contribution in [3.63, 3.8) is 0 Å². The van der Waals surface area contributed by atoms with Crippen LogP contribution in [-0.4, -0.2) is 19.3 Å². The molecule has 0 saturated heterocycles. The zero-order chi connectivity index (χ0) is 18.5. The zero-order valence-electron chi connectivity index (χ0n) is 13.6. The summed E-state index contributed by atoms with van der Waals surface area (Å²) in [5.74, 6) is 0.0404. The summed E-state index contributed by atoms with van der Waals surface area (Å²) in [5, 5.41) is 4.47. The third-order valence-electron chi connectivity index (χ3n) is 4.50. The second kappa shape index (κ2) is 5.93. The molecule has 2 aromatic heterocycles. The van der Waals surface area contributed by atoms with Gasteiger partial charge in [0, 0.05) is 18.4 Å². The van der Waals surface area contributed by atoms with Gasteiger partial charge in [0.15, 0.2) is 0 Å². The predicted octanol–water partition coefficient (Wildman–Crippen LogP) is 3.14. The van der Waals surface area contributed by atoms with E-state index in [9.17, 15) is 22.4 Å². The summed E-state index contributed by atoms with van der Waals surface area (Å²) >= 11 is 0. The first-order chi connectivity index (χ1) is 12.3. The fourth-order valence-corrected chi connectivity index (χ4v) is 3.26. The van der Waals surface area contributed by atoms with Crippen molar-refractivity contribution in [1.82, 2.24) is 19.3 Å². The van der Waals surface area contributed by atoms with E-state index in [1.165, 1.54) is 10.6 Å². The van der Waals surface area contributed by atoms with Gasteiger partial charge in [0.1, 0.15) is 17.3 Å². The molecule has 9 heteroatoms. The lowest BCUT2D eigenvalue weighted by Crippen LogP contribution is -2.27. The first-order valence-electron chi connectivity index (χ1n) is 8.16. The minimum atomic E-state index is -4.64. The average Bonchev–Trinajstić information content (AvgIpc) is 2.90. The van der Waals surface area contributed by atoms with Crippen LogP contribution < -0.4 is 5.69 Å². The van der Waals surface area contributed by atoms with Gasteiger partial charge in [-0.25, -0.2) is 18.9 Å². The van der Waals surface area contributed by atoms with Crippen LogP contribution >= 0.6 is 0 Å². The molecule has 26 heavy (non-hydrogen) atoms. The second-order valence-corrected chi connectivity index (χ2v) is 6.29. The van der Waals surface area contributed by atoms with E-state index in [0.717, 1.165) is 35.7 Å². The van der Waals surface area contributed by atoms with Crippen molar-refractivity contribution < 1.29 is 17.6 Å². The topological polar surface area (TPSA) is 52.7 Å². The minimum Gasteiger partial charge on any atom is -0.279 e. The Morgan fingerprint density at radius 2 is 1.96 bits per heavy atom. The Morgan fingerprint density at radius 3 is 2.69 bits per heavy atom. The fourth-order valence-electron chi connectivity index (χ4n) is 3.26. The number of fused-ring (bicyclic) bond motifs is 2. The summed E-state index contributed by atoms with van der Waals surface area (Å²) in [5.41, 5.74) is -1.27. The van der Waals surface area contributed by atoms with Gasteiger partial charge in [-0.2, -0.15) is 18.3 Å². The van der Waals surface area contributed by atoms with Gasteiger partial charge in [0.2, 0.25) is 0 Å². The molecule has 0 fully saturated rings. The maximum Gasteiger partial charge on any atom is 0.433 e. The first-order valence-corrected chi connectivity index (χ1v) is 8.16. The van der Waals surface area contributed by atoms with Crippen molar-refractivity contribution in [3.8, 4) is 0 Å². The monoisotopic (exact) mass is 366 g/mol. The Labute approximate surface area is 144 Å². The summed E-state index contributed by atoms with van der Waals surface area (Å²) in [6.07, 6.45) is -2.21. The van der Waals surface area contributed by atoms with Gasteiger partial charge in [0.25, 0.3) is 0 Å². The van der Waals surface area contributed by atoms with Crippen LogP contribution in [0.25, 0.3) is 10.9 Å². The maximum absolute atomic E-state index is 13.6. The quantitative estimate of drug-likeness (QED) is 0.655. The Bertz CT molecular complexity index is 1050. The van der Waals surface area contributed by atoms with Crippen molar-refractivity contribution in [3.05, 3.63) is 57.6 Å². The lowest BCUT2D eigenvalue weighted by atomic mass is 10.1. The van der Waals surface area contributed by atoms with Gasteiger partial charge < -0.3 is 0 Å². The van der Waals surface area contributed by atoms with Crippen molar-refractivity contribution in [1.29, 1.82) is 0 Å². The molecule has 0 amide bonds. The molecule has 0 radical (unpaired) electrons. The Morgan fingerprint density at radius 1 is 1.15 bits per heavy atom. The van der Waals surface area contributed by atoms with Crippen LogP contribution in [0.15, 0.2) is 29.1 Å². The molecule has 0 bridgehead atoms. The highest BCUT2D eigenvalue weighted by Gasteiger charge is 2.33. The molecule has 5 nitrogen and oxygen atoms in total. The van der Waals surface area contributed by atoms with Crippen LogP contribution in [0.4, 0.5) is 17.6 Å². The predicted molar refractivity (Wildman–Crippen MR) is 85.2 cm³/mol. The Balaban J connectivity index is 1.86. The number of aryl methyl sites for hydroxylation is 1. The van der Waals surface area contributed by atoms with Crippen LogP contribution in [0.1, 0.15) is 29.9 Å². The SMILES string of the molecule is O=c1n(Cc2cc(C(F)(F)F)nc3ccc(F)cc23)nc2n1CCCC2. The summed E-state index contributed by atoms with van der Waals surface area (Å²) in [6.45, 7) is 0.373. The van der Waals surface area contributed by atoms with Gasteiger partial charge in [-0.1, -0.05) is 0 Å². The second-order valence-electron chi connectivity index (χ2n) is 6.29. The van der Waals surface area contributed by atoms with E-state index in [0.29, 0.717) is 18.8 Å². The highest BCUT2D eigenvalue weighted by molar-refractivity contribution is 5.82. The molecule has 4 rings (SSSR count). The molecule has 0 aliphatic carbocycles. The third kappa shape index (κ3) is 2.87. The standard InChI is InChI=1S/C17H14F4N4O/c18-11-4-5-13-12(8-11)10(7-14(22-13)17(19,20)21)9-25-16(26)24-6-2-1-3-15(24)23-25/h4-5,7-8H,1-3,6,9H2. The number of pyridine rings is 1. The minimum absolute atomic E-state index is 0.0215. The van der Waals surface area contributed by atoms with Crippen LogP contribution in [-0.2, 0) is 25.7 Å². The number of benzene rings is 1. The molecule has 0 N–H and O–H groups in total. The molecule has 0 spiro atoms. The van der Waals surface area contributed by atoms with Crippen molar-refractivity contribution >= 4 is 10.9 Å². The highest BCUT2D eigenvalue weighted by atomic mass is 19.4. The van der Waals surface area contributed by atoms with E-state index in [2.05, 4.69) is 10.1 Å². The van der Waals surface area contributed by atoms with E-state index in [1.807, 2.05) is 0 Å². The molecule has 1 aliphatic rings. The first kappa shape index (κ1) is 16.7. The van der Waals surface area contributed by atoms with Gasteiger partial charge in [-0.3, -0.25) is 4.57 Å². The van der Waals surface area contributed by atoms with Crippen molar-refractivity contribution in [2.24, 2.45) is 0 Å². The zero-order valence-corrected chi connectivity index (χ0v) is 13.6. The largest absolute Gasteiger partial charge is 0.433 e. The Kier molecular flexibility index (Phi) is 3.82. The number of aromatic nitrogens is 4. The van der Waals surface area contributed by atoms with E-state index in [-0.39, 0.29) is 28.7 Å². The number of halogens is 4. The average molecular weight is 366 g/mol. The smallest absolute Gasteiger partial charge is 0.279 e. The maximum atomic E-state index is 13.6. The van der Waals surface area contributed by atoms with E-state index in [4.69, 9.17) is 0 Å². The van der Waals surface area contributed by atoms with Gasteiger partial charge >= 0.3 is 11.9 Å². The highest BCUT2D eigenvalue weighted by Crippen LogP contribution is 2.31. The van der Waals surface area contributed by atoms with Crippen LogP contribution in [0.3, 0.4) is 0 Å². The van der Waals surface area contributed by atoms with Crippen molar-refractivity contribution in [2.75, 3.05) is 0 Å². The third-order valence-corrected chi connectivity index (χ3v) is 4.50. The van der Waals surface area contributed by atoms with E-state index >= 15 is 0 Å². The van der Waals surface area contributed by atoms with Gasteiger partial charge in [-0.05, 0) is 42.7 Å². The lowest BCUT2D eigenvalue weighted by molar-refractivity contribution is -0.141. The number of hydrogen-bond donors (Lipinski definition) is 0. The molecule has 1 aromatic carbocycles. The number of hydrogen-bond acceptors (Lipinski definition) is 3. The number of nitrogens with zero attached hydrogens (tertiary/aromatic N) is 4. The molecular formula is C17H14F4N4O. The summed E-state index contributed by atoms with van der Waals surface area (Å²) in [7, 11) is 0. The van der Waals surface area contributed by atoms with Gasteiger partial charge in [0.05, 0.1) is 12.1 Å². The summed E-state index contributed by atoms with van der Waals surface area (Å²) in [4.78, 5) is 16.0. The lowest BCUT2D eigenvalue weighted by Gasteiger charge is -2.11. The molecule has 0 unspecified atom stereocenters. The molecule has 0 atom stereocenters. The molecule has 1 aliphatic heterocycles. The number of alkyl halides is 3. The molecular weight excluding hydrogens is 352 g/mol. The van der Waals surface area contributed by atoms with Crippen molar-refractivity contribution in [2.45, 2.75) is 38.5 Å². The van der Waals surface area contributed by atoms with Crippen LogP contribution in [0.2, 0.25) is 0 Å². The van der Waals surface area contributed by atoms with E-state index in [1.54, 1.807) is 0 Å².